The normalized spacial score (nSPS) is 11.2. The van der Waals surface area contributed by atoms with Gasteiger partial charge in [0.25, 0.3) is 5.92 Å². The van der Waals surface area contributed by atoms with Crippen LogP contribution in [0.15, 0.2) is 24.3 Å². The van der Waals surface area contributed by atoms with Crippen LogP contribution in [0.3, 0.4) is 0 Å². The molecule has 0 spiro atoms. The molecule has 6 heteroatoms. The molecule has 0 saturated heterocycles. The number of rotatable bonds is 7. The van der Waals surface area contributed by atoms with Gasteiger partial charge in [-0.2, -0.15) is 0 Å². The van der Waals surface area contributed by atoms with Gasteiger partial charge in [-0.15, -0.1) is 0 Å². The van der Waals surface area contributed by atoms with E-state index in [1.807, 2.05) is 6.92 Å². The van der Waals surface area contributed by atoms with Gasteiger partial charge >= 0.3 is 0 Å². The van der Waals surface area contributed by atoms with Crippen LogP contribution in [0.1, 0.15) is 28.8 Å². The largest absolute Gasteiger partial charge is 0.350 e. The highest BCUT2D eigenvalue weighted by Gasteiger charge is 2.27. The number of benzene rings is 1. The molecule has 1 amide bonds. The van der Waals surface area contributed by atoms with Gasteiger partial charge in [-0.25, -0.2) is 8.78 Å². The summed E-state index contributed by atoms with van der Waals surface area (Å²) in [4.78, 5) is 23.1. The lowest BCUT2D eigenvalue weighted by molar-refractivity contribution is -0.122. The van der Waals surface area contributed by atoms with Crippen LogP contribution in [0, 0.1) is 6.92 Å². The zero-order valence-corrected chi connectivity index (χ0v) is 11.3. The van der Waals surface area contributed by atoms with Gasteiger partial charge in [0.1, 0.15) is 0 Å². The number of nitrogens with one attached hydrogen (secondary N) is 1. The van der Waals surface area contributed by atoms with Gasteiger partial charge in [0, 0.05) is 18.4 Å². The summed E-state index contributed by atoms with van der Waals surface area (Å²) in [7, 11) is 0. The van der Waals surface area contributed by atoms with E-state index in [1.165, 1.54) is 0 Å². The minimum atomic E-state index is -3.11. The average Bonchev–Trinajstić information content (AvgIpc) is 2.43. The van der Waals surface area contributed by atoms with Gasteiger partial charge in [0.2, 0.25) is 5.91 Å². The second-order valence-electron chi connectivity index (χ2n) is 4.63. The molecule has 0 bridgehead atoms. The van der Waals surface area contributed by atoms with Crippen molar-refractivity contribution in [2.75, 3.05) is 13.1 Å². The SMILES string of the molecule is Cc1ccc(C(=O)CCC(=O)NCC(F)(F)CN)cc1. The number of amides is 1. The molecule has 0 aliphatic rings. The molecule has 20 heavy (non-hydrogen) atoms. The van der Waals surface area contributed by atoms with Crippen LogP contribution in [0.4, 0.5) is 8.78 Å². The minimum absolute atomic E-state index is 0.0108. The topological polar surface area (TPSA) is 72.2 Å². The third-order valence-electron chi connectivity index (χ3n) is 2.80. The third-order valence-corrected chi connectivity index (χ3v) is 2.80. The van der Waals surface area contributed by atoms with Crippen molar-refractivity contribution in [3.05, 3.63) is 35.4 Å². The smallest absolute Gasteiger partial charge is 0.277 e. The first-order chi connectivity index (χ1) is 9.34. The Labute approximate surface area is 116 Å². The lowest BCUT2D eigenvalue weighted by Crippen LogP contribution is -2.41. The summed E-state index contributed by atoms with van der Waals surface area (Å²) in [5, 5.41) is 2.07. The van der Waals surface area contributed by atoms with Gasteiger partial charge in [0.05, 0.1) is 13.1 Å². The van der Waals surface area contributed by atoms with Gasteiger partial charge in [-0.05, 0) is 6.92 Å². The predicted octanol–water partition coefficient (Wildman–Crippen LogP) is 1.67. The molecule has 0 aromatic heterocycles. The van der Waals surface area contributed by atoms with Crippen LogP contribution in [0.5, 0.6) is 0 Å². The first kappa shape index (κ1) is 16.2. The van der Waals surface area contributed by atoms with E-state index >= 15 is 0 Å². The Hall–Kier alpha value is -1.82. The first-order valence-corrected chi connectivity index (χ1v) is 6.28. The first-order valence-electron chi connectivity index (χ1n) is 6.28. The third kappa shape index (κ3) is 5.44. The summed E-state index contributed by atoms with van der Waals surface area (Å²) >= 11 is 0. The molecule has 4 nitrogen and oxygen atoms in total. The van der Waals surface area contributed by atoms with E-state index in [0.29, 0.717) is 5.56 Å². The molecule has 0 radical (unpaired) electrons. The zero-order valence-electron chi connectivity index (χ0n) is 11.3. The maximum Gasteiger partial charge on any atom is 0.277 e. The molecule has 1 aromatic carbocycles. The lowest BCUT2D eigenvalue weighted by Gasteiger charge is -2.14. The lowest BCUT2D eigenvalue weighted by atomic mass is 10.0. The number of ketones is 1. The number of aryl methyl sites for hydroxylation is 1. The molecule has 0 saturated carbocycles. The molecular weight excluding hydrogens is 266 g/mol. The molecule has 0 aliphatic heterocycles. The Kier molecular flexibility index (Phi) is 5.76. The number of nitrogens with two attached hydrogens (primary N) is 1. The molecule has 0 atom stereocenters. The van der Waals surface area contributed by atoms with Gasteiger partial charge in [0.15, 0.2) is 5.78 Å². The number of alkyl halides is 2. The standard InChI is InChI=1S/C14H18F2N2O2/c1-10-2-4-11(5-3-10)12(19)6-7-13(20)18-9-14(15,16)8-17/h2-5H,6-9,17H2,1H3,(H,18,20). The fourth-order valence-electron chi connectivity index (χ4n) is 1.50. The van der Waals surface area contributed by atoms with Crippen molar-refractivity contribution in [1.82, 2.24) is 5.32 Å². The number of carbonyl (C=O) groups excluding carboxylic acids is 2. The molecule has 0 heterocycles. The second-order valence-corrected chi connectivity index (χ2v) is 4.63. The van der Waals surface area contributed by atoms with Crippen molar-refractivity contribution in [3.8, 4) is 0 Å². The Morgan fingerprint density at radius 1 is 1.20 bits per heavy atom. The van der Waals surface area contributed by atoms with E-state index in [0.717, 1.165) is 5.56 Å². The van der Waals surface area contributed by atoms with Gasteiger partial charge in [-0.1, -0.05) is 29.8 Å². The van der Waals surface area contributed by atoms with Crippen molar-refractivity contribution < 1.29 is 18.4 Å². The minimum Gasteiger partial charge on any atom is -0.350 e. The number of hydrogen-bond donors (Lipinski definition) is 2. The molecular formula is C14H18F2N2O2. The summed E-state index contributed by atoms with van der Waals surface area (Å²) in [6.45, 7) is 0.274. The van der Waals surface area contributed by atoms with E-state index in [4.69, 9.17) is 5.73 Å². The number of hydrogen-bond acceptors (Lipinski definition) is 3. The number of carbonyl (C=O) groups is 2. The van der Waals surface area contributed by atoms with E-state index in [9.17, 15) is 18.4 Å². The van der Waals surface area contributed by atoms with Crippen molar-refractivity contribution in [2.45, 2.75) is 25.7 Å². The Morgan fingerprint density at radius 2 is 1.80 bits per heavy atom. The van der Waals surface area contributed by atoms with E-state index in [-0.39, 0.29) is 18.6 Å². The fourth-order valence-corrected chi connectivity index (χ4v) is 1.50. The maximum atomic E-state index is 12.8. The van der Waals surface area contributed by atoms with Gasteiger partial charge < -0.3 is 11.1 Å². The Balaban J connectivity index is 2.37. The van der Waals surface area contributed by atoms with Crippen LogP contribution >= 0.6 is 0 Å². The molecule has 110 valence electrons. The summed E-state index contributed by atoms with van der Waals surface area (Å²) in [6, 6.07) is 6.96. The highest BCUT2D eigenvalue weighted by molar-refractivity contribution is 5.97. The molecule has 1 aromatic rings. The molecule has 0 unspecified atom stereocenters. The van der Waals surface area contributed by atoms with Crippen molar-refractivity contribution in [1.29, 1.82) is 0 Å². The molecule has 1 rings (SSSR count). The summed E-state index contributed by atoms with van der Waals surface area (Å²) in [5.41, 5.74) is 6.39. The molecule has 0 fully saturated rings. The monoisotopic (exact) mass is 284 g/mol. The zero-order chi connectivity index (χ0) is 15.2. The fraction of sp³-hybridized carbons (Fsp3) is 0.429. The van der Waals surface area contributed by atoms with Crippen LogP contribution in [0.2, 0.25) is 0 Å². The second kappa shape index (κ2) is 7.09. The van der Waals surface area contributed by atoms with Crippen LogP contribution in [-0.4, -0.2) is 30.7 Å². The van der Waals surface area contributed by atoms with Crippen molar-refractivity contribution >= 4 is 11.7 Å². The Morgan fingerprint density at radius 3 is 2.35 bits per heavy atom. The maximum absolute atomic E-state index is 12.8. The van der Waals surface area contributed by atoms with Crippen LogP contribution in [0.25, 0.3) is 0 Å². The Bertz CT molecular complexity index is 473. The predicted molar refractivity (Wildman–Crippen MR) is 71.8 cm³/mol. The quantitative estimate of drug-likeness (QED) is 0.748. The summed E-state index contributed by atoms with van der Waals surface area (Å²) in [5.74, 6) is -3.89. The van der Waals surface area contributed by atoms with Crippen LogP contribution < -0.4 is 11.1 Å². The average molecular weight is 284 g/mol. The number of halogens is 2. The van der Waals surface area contributed by atoms with Crippen LogP contribution in [-0.2, 0) is 4.79 Å². The van der Waals surface area contributed by atoms with Crippen molar-refractivity contribution in [3.63, 3.8) is 0 Å². The molecule has 3 N–H and O–H groups in total. The number of Topliss-reactive ketones (excluding diaryl/α,β-unsaturated/α-hetero) is 1. The van der Waals surface area contributed by atoms with Gasteiger partial charge in [-0.3, -0.25) is 9.59 Å². The molecule has 0 aliphatic carbocycles. The van der Waals surface area contributed by atoms with Crippen molar-refractivity contribution in [2.24, 2.45) is 5.73 Å². The van der Waals surface area contributed by atoms with E-state index in [2.05, 4.69) is 5.32 Å². The van der Waals surface area contributed by atoms with E-state index in [1.54, 1.807) is 24.3 Å². The summed E-state index contributed by atoms with van der Waals surface area (Å²) < 4.78 is 25.6. The highest BCUT2D eigenvalue weighted by atomic mass is 19.3. The highest BCUT2D eigenvalue weighted by Crippen LogP contribution is 2.10. The van der Waals surface area contributed by atoms with E-state index < -0.39 is 24.9 Å². The summed E-state index contributed by atoms with van der Waals surface area (Å²) in [6.07, 6.45) is -0.129.